The first-order valence-corrected chi connectivity index (χ1v) is 18.6. The molecule has 0 spiro atoms. The number of hydrogen-bond donors (Lipinski definition) is 7. The average Bonchev–Trinajstić information content (AvgIpc) is 3.10. The molecule has 0 aromatic carbocycles. The first-order chi connectivity index (χ1) is 23.5. The molecule has 4 rings (SSSR count). The highest BCUT2D eigenvalue weighted by Crippen LogP contribution is 2.22. The number of aliphatic hydroxyl groups excluding tert-OH is 3. The van der Waals surface area contributed by atoms with Crippen LogP contribution in [-0.4, -0.2) is 237 Å². The monoisotopic (exact) mass is 689 g/mol. The molecule has 0 radical (unpaired) electrons. The highest BCUT2D eigenvalue weighted by molar-refractivity contribution is 4.82. The number of nitrogens with one attached hydrogen (secondary N) is 4. The third-order valence-corrected chi connectivity index (χ3v) is 9.57. The van der Waals surface area contributed by atoms with E-state index in [1.165, 1.54) is 0 Å². The van der Waals surface area contributed by atoms with Gasteiger partial charge in [0.05, 0.1) is 70.0 Å². The maximum Gasteiger partial charge on any atom is 0.0900 e. The molecule has 4 aliphatic heterocycles. The van der Waals surface area contributed by atoms with Crippen molar-refractivity contribution in [2.24, 2.45) is 5.41 Å². The van der Waals surface area contributed by atoms with Crippen molar-refractivity contribution in [2.45, 2.75) is 24.7 Å². The van der Waals surface area contributed by atoms with Crippen molar-refractivity contribution in [3.05, 3.63) is 0 Å². The summed E-state index contributed by atoms with van der Waals surface area (Å²) in [7, 11) is 0. The normalized spacial score (nSPS) is 24.3. The molecule has 282 valence electrons. The molecule has 0 saturated carbocycles. The Hall–Kier alpha value is -0.600. The number of rotatable bonds is 24. The molecule has 0 bridgehead atoms. The summed E-state index contributed by atoms with van der Waals surface area (Å²) in [6.07, 6.45) is -0.896. The number of hydrogen-bond acceptors (Lipinski definition) is 15. The predicted octanol–water partition coefficient (Wildman–Crippen LogP) is -3.87. The molecule has 0 aromatic rings. The zero-order chi connectivity index (χ0) is 33.7. The zero-order valence-electron chi connectivity index (χ0n) is 29.5. The average molecular weight is 689 g/mol. The summed E-state index contributed by atoms with van der Waals surface area (Å²) in [5, 5.41) is 45.9. The molecule has 3 atom stereocenters. The number of ether oxygens (including phenoxy) is 4. The second kappa shape index (κ2) is 23.8. The minimum absolute atomic E-state index is 0.200. The third-order valence-electron chi connectivity index (χ3n) is 9.57. The molecule has 48 heavy (non-hydrogen) atoms. The zero-order valence-corrected chi connectivity index (χ0v) is 29.5. The van der Waals surface area contributed by atoms with Crippen LogP contribution in [0.15, 0.2) is 0 Å². The van der Waals surface area contributed by atoms with E-state index in [-0.39, 0.29) is 39.6 Å². The van der Waals surface area contributed by atoms with Gasteiger partial charge in [0, 0.05) is 138 Å². The fraction of sp³-hybridized carbons (Fsp3) is 1.00. The molecular formula is C33H68N8O7. The summed E-state index contributed by atoms with van der Waals surface area (Å²) >= 11 is 0. The quantitative estimate of drug-likeness (QED) is 0.0494. The second-order valence-electron chi connectivity index (χ2n) is 14.2. The van der Waals surface area contributed by atoms with Crippen LogP contribution in [0.5, 0.6) is 0 Å². The van der Waals surface area contributed by atoms with Gasteiger partial charge in [-0.15, -0.1) is 0 Å². The Kier molecular flexibility index (Phi) is 19.9. The lowest BCUT2D eigenvalue weighted by Gasteiger charge is -2.35. The fourth-order valence-electron chi connectivity index (χ4n) is 6.83. The Bertz CT molecular complexity index is 721. The Morgan fingerprint density at radius 3 is 1.12 bits per heavy atom. The Labute approximate surface area is 288 Å². The molecule has 15 heteroatoms. The first-order valence-electron chi connectivity index (χ1n) is 18.6. The van der Waals surface area contributed by atoms with Crippen molar-refractivity contribution in [1.29, 1.82) is 0 Å². The summed E-state index contributed by atoms with van der Waals surface area (Å²) in [5.41, 5.74) is -0.673. The molecule has 4 fully saturated rings. The number of aliphatic hydroxyl groups is 3. The highest BCUT2D eigenvalue weighted by Gasteiger charge is 2.34. The molecule has 0 aliphatic carbocycles. The Balaban J connectivity index is 1.32. The van der Waals surface area contributed by atoms with E-state index in [9.17, 15) is 15.3 Å². The van der Waals surface area contributed by atoms with Gasteiger partial charge in [-0.3, -0.25) is 14.7 Å². The first kappa shape index (κ1) is 40.2. The van der Waals surface area contributed by atoms with Gasteiger partial charge < -0.3 is 60.4 Å². The van der Waals surface area contributed by atoms with Gasteiger partial charge in [0.2, 0.25) is 0 Å². The third kappa shape index (κ3) is 16.6. The van der Waals surface area contributed by atoms with E-state index in [4.69, 9.17) is 18.9 Å². The molecule has 0 aromatic heterocycles. The van der Waals surface area contributed by atoms with Crippen molar-refractivity contribution in [1.82, 2.24) is 40.9 Å². The predicted molar refractivity (Wildman–Crippen MR) is 186 cm³/mol. The van der Waals surface area contributed by atoms with E-state index < -0.39 is 23.7 Å². The molecule has 4 heterocycles. The van der Waals surface area contributed by atoms with Crippen LogP contribution in [0.3, 0.4) is 0 Å². The summed E-state index contributed by atoms with van der Waals surface area (Å²) in [4.78, 5) is 9.23. The summed E-state index contributed by atoms with van der Waals surface area (Å²) < 4.78 is 24.9. The number of β-amino-alcohol motifs (C(OH)–C–C–N with tert-alkyl or cyclic N) is 3. The molecule has 4 saturated heterocycles. The SMILES string of the molecule is OC(COCC(COCCCN1CCNCC1)(COCC(O)CN1CCNCC1)COCC(O)CN1CCNCC1)CN1CCNCC1. The van der Waals surface area contributed by atoms with E-state index in [0.29, 0.717) is 32.8 Å². The molecule has 4 aliphatic rings. The number of nitrogens with zero attached hydrogens (tertiary/aromatic N) is 4. The topological polar surface area (TPSA) is 159 Å². The van der Waals surface area contributed by atoms with Crippen LogP contribution in [0.2, 0.25) is 0 Å². The summed E-state index contributed by atoms with van der Waals surface area (Å²) in [6, 6.07) is 0. The standard InChI is InChI=1S/C33H68N8O7/c42-30(20-39-13-4-35-5-14-39)23-46-27-33(26-45-19-1-10-38-11-2-34-3-12-38,28-47-24-31(43)21-40-15-6-36-7-16-40)29-48-25-32(44)22-41-17-8-37-9-18-41/h30-32,34-37,42-44H,1-29H2. The fourth-order valence-corrected chi connectivity index (χ4v) is 6.83. The van der Waals surface area contributed by atoms with Crippen molar-refractivity contribution in [3.8, 4) is 0 Å². The minimum atomic E-state index is -0.673. The molecule has 7 N–H and O–H groups in total. The van der Waals surface area contributed by atoms with Gasteiger partial charge in [-0.2, -0.15) is 0 Å². The lowest BCUT2D eigenvalue weighted by atomic mass is 9.92. The minimum Gasteiger partial charge on any atom is -0.389 e. The van der Waals surface area contributed by atoms with Gasteiger partial charge in [0.1, 0.15) is 0 Å². The van der Waals surface area contributed by atoms with Gasteiger partial charge in [-0.1, -0.05) is 0 Å². The largest absolute Gasteiger partial charge is 0.389 e. The van der Waals surface area contributed by atoms with Crippen LogP contribution in [0, 0.1) is 5.41 Å². The van der Waals surface area contributed by atoms with Crippen LogP contribution < -0.4 is 21.3 Å². The lowest BCUT2D eigenvalue weighted by molar-refractivity contribution is -0.129. The van der Waals surface area contributed by atoms with Gasteiger partial charge in [0.25, 0.3) is 0 Å². The van der Waals surface area contributed by atoms with Gasteiger partial charge in [-0.05, 0) is 6.42 Å². The highest BCUT2D eigenvalue weighted by atomic mass is 16.5. The summed E-state index contributed by atoms with van der Waals surface area (Å²) in [6.45, 7) is 20.3. The van der Waals surface area contributed by atoms with Crippen molar-refractivity contribution in [3.63, 3.8) is 0 Å². The van der Waals surface area contributed by atoms with Crippen LogP contribution in [0.1, 0.15) is 6.42 Å². The molecule has 15 nitrogen and oxygen atoms in total. The molecular weight excluding hydrogens is 620 g/mol. The lowest BCUT2D eigenvalue weighted by Crippen LogP contribution is -2.48. The maximum atomic E-state index is 10.8. The molecule has 3 unspecified atom stereocenters. The van der Waals surface area contributed by atoms with E-state index >= 15 is 0 Å². The smallest absolute Gasteiger partial charge is 0.0900 e. The number of piperazine rings is 4. The Morgan fingerprint density at radius 1 is 0.458 bits per heavy atom. The van der Waals surface area contributed by atoms with Crippen molar-refractivity contribution < 1.29 is 34.3 Å². The molecule has 0 amide bonds. The maximum absolute atomic E-state index is 10.8. The van der Waals surface area contributed by atoms with E-state index in [1.54, 1.807) is 0 Å². The van der Waals surface area contributed by atoms with Crippen molar-refractivity contribution in [2.75, 3.05) is 184 Å². The van der Waals surface area contributed by atoms with E-state index in [2.05, 4.69) is 40.9 Å². The van der Waals surface area contributed by atoms with Gasteiger partial charge in [0.15, 0.2) is 0 Å². The van der Waals surface area contributed by atoms with Gasteiger partial charge >= 0.3 is 0 Å². The summed E-state index contributed by atoms with van der Waals surface area (Å²) in [5.74, 6) is 0. The van der Waals surface area contributed by atoms with Crippen molar-refractivity contribution >= 4 is 0 Å². The van der Waals surface area contributed by atoms with E-state index in [1.807, 2.05) is 0 Å². The van der Waals surface area contributed by atoms with Crippen LogP contribution in [0.4, 0.5) is 0 Å². The second-order valence-corrected chi connectivity index (χ2v) is 14.2. The van der Waals surface area contributed by atoms with Crippen LogP contribution in [-0.2, 0) is 18.9 Å². The Morgan fingerprint density at radius 2 is 0.771 bits per heavy atom. The van der Waals surface area contributed by atoms with E-state index in [0.717, 1.165) is 118 Å². The van der Waals surface area contributed by atoms with Gasteiger partial charge in [-0.25, -0.2) is 0 Å². The van der Waals surface area contributed by atoms with Crippen LogP contribution in [0.25, 0.3) is 0 Å². The van der Waals surface area contributed by atoms with Crippen LogP contribution >= 0.6 is 0 Å².